The number of hydrogen-bond donors (Lipinski definition) is 0. The van der Waals surface area contributed by atoms with Gasteiger partial charge in [-0.05, 0) is 18.9 Å². The first-order chi connectivity index (χ1) is 5.29. The summed E-state index contributed by atoms with van der Waals surface area (Å²) in [6, 6.07) is 1.89. The molecule has 1 aromatic rings. The van der Waals surface area contributed by atoms with Crippen molar-refractivity contribution in [1.82, 2.24) is 0 Å². The second-order valence-corrected chi connectivity index (χ2v) is 3.08. The van der Waals surface area contributed by atoms with E-state index < -0.39 is 0 Å². The van der Waals surface area contributed by atoms with Crippen molar-refractivity contribution >= 4 is 5.78 Å². The van der Waals surface area contributed by atoms with E-state index in [2.05, 4.69) is 0 Å². The van der Waals surface area contributed by atoms with E-state index in [0.29, 0.717) is 5.76 Å². The van der Waals surface area contributed by atoms with Crippen LogP contribution in [0.5, 0.6) is 0 Å². The Hall–Kier alpha value is -1.05. The Morgan fingerprint density at radius 1 is 1.64 bits per heavy atom. The number of furan rings is 1. The summed E-state index contributed by atoms with van der Waals surface area (Å²) in [4.78, 5) is 11.4. The third-order valence-corrected chi connectivity index (χ3v) is 2.26. The van der Waals surface area contributed by atoms with Crippen molar-refractivity contribution in [3.8, 4) is 0 Å². The van der Waals surface area contributed by atoms with E-state index in [1.165, 1.54) is 0 Å². The van der Waals surface area contributed by atoms with Crippen LogP contribution in [0.25, 0.3) is 0 Å². The van der Waals surface area contributed by atoms with Crippen LogP contribution in [0.1, 0.15) is 29.5 Å². The monoisotopic (exact) mass is 150 g/mol. The Morgan fingerprint density at radius 2 is 2.45 bits per heavy atom. The first kappa shape index (κ1) is 6.65. The summed E-state index contributed by atoms with van der Waals surface area (Å²) in [6.07, 6.45) is 3.55. The Bertz CT molecular complexity index is 286. The van der Waals surface area contributed by atoms with Gasteiger partial charge in [-0.15, -0.1) is 0 Å². The molecule has 2 rings (SSSR count). The summed E-state index contributed by atoms with van der Waals surface area (Å²) < 4.78 is 5.09. The molecule has 2 nitrogen and oxygen atoms in total. The van der Waals surface area contributed by atoms with Gasteiger partial charge in [0.05, 0.1) is 6.26 Å². The maximum atomic E-state index is 11.4. The molecule has 1 atom stereocenters. The van der Waals surface area contributed by atoms with Crippen LogP contribution in [0.4, 0.5) is 0 Å². The second kappa shape index (κ2) is 2.22. The zero-order chi connectivity index (χ0) is 7.84. The molecule has 1 aliphatic carbocycles. The number of ketones is 1. The van der Waals surface area contributed by atoms with E-state index in [-0.39, 0.29) is 11.7 Å². The maximum Gasteiger partial charge on any atom is 0.201 e. The van der Waals surface area contributed by atoms with Gasteiger partial charge in [0.1, 0.15) is 0 Å². The topological polar surface area (TPSA) is 30.2 Å². The number of aryl methyl sites for hydroxylation is 1. The van der Waals surface area contributed by atoms with Crippen molar-refractivity contribution < 1.29 is 9.21 Å². The largest absolute Gasteiger partial charge is 0.461 e. The highest BCUT2D eigenvalue weighted by Crippen LogP contribution is 2.25. The van der Waals surface area contributed by atoms with E-state index in [9.17, 15) is 4.79 Å². The lowest BCUT2D eigenvalue weighted by atomic mass is 9.89. The van der Waals surface area contributed by atoms with Crippen LogP contribution in [0.15, 0.2) is 16.7 Å². The number of Topliss-reactive ketones (excluding diaryl/α,β-unsaturated/α-hetero) is 1. The fourth-order valence-corrected chi connectivity index (χ4v) is 1.48. The average molecular weight is 150 g/mol. The SMILES string of the molecule is CC1CCc2ccoc2C1=O. The lowest BCUT2D eigenvalue weighted by molar-refractivity contribution is 0.0883. The third kappa shape index (κ3) is 0.897. The summed E-state index contributed by atoms with van der Waals surface area (Å²) in [7, 11) is 0. The minimum absolute atomic E-state index is 0.147. The molecule has 11 heavy (non-hydrogen) atoms. The van der Waals surface area contributed by atoms with Crippen molar-refractivity contribution in [2.75, 3.05) is 0 Å². The molecule has 0 saturated carbocycles. The van der Waals surface area contributed by atoms with Crippen molar-refractivity contribution in [3.63, 3.8) is 0 Å². The Kier molecular flexibility index (Phi) is 1.34. The first-order valence-electron chi connectivity index (χ1n) is 3.89. The molecule has 0 aromatic carbocycles. The summed E-state index contributed by atoms with van der Waals surface area (Å²) in [6.45, 7) is 1.95. The smallest absolute Gasteiger partial charge is 0.201 e. The van der Waals surface area contributed by atoms with Crippen LogP contribution in [-0.2, 0) is 6.42 Å². The standard InChI is InChI=1S/C9H10O2/c1-6-2-3-7-4-5-11-9(7)8(6)10/h4-6H,2-3H2,1H3. The van der Waals surface area contributed by atoms with E-state index in [0.717, 1.165) is 18.4 Å². The first-order valence-corrected chi connectivity index (χ1v) is 3.89. The summed E-state index contributed by atoms with van der Waals surface area (Å²) in [5.41, 5.74) is 1.08. The number of hydrogen-bond acceptors (Lipinski definition) is 2. The van der Waals surface area contributed by atoms with E-state index in [4.69, 9.17) is 4.42 Å². The normalized spacial score (nSPS) is 23.4. The highest BCUT2D eigenvalue weighted by atomic mass is 16.3. The van der Waals surface area contributed by atoms with Crippen LogP contribution in [0.2, 0.25) is 0 Å². The van der Waals surface area contributed by atoms with Crippen molar-refractivity contribution in [2.45, 2.75) is 19.8 Å². The molecule has 0 spiro atoms. The molecule has 0 radical (unpaired) electrons. The van der Waals surface area contributed by atoms with Crippen molar-refractivity contribution in [1.29, 1.82) is 0 Å². The van der Waals surface area contributed by atoms with Crippen LogP contribution in [0, 0.1) is 5.92 Å². The van der Waals surface area contributed by atoms with Crippen LogP contribution in [0.3, 0.4) is 0 Å². The van der Waals surface area contributed by atoms with E-state index in [1.54, 1.807) is 6.26 Å². The molecular formula is C9H10O2. The molecular weight excluding hydrogens is 140 g/mol. The van der Waals surface area contributed by atoms with Gasteiger partial charge in [0, 0.05) is 11.5 Å². The molecule has 0 saturated heterocycles. The van der Waals surface area contributed by atoms with Gasteiger partial charge in [-0.1, -0.05) is 6.92 Å². The summed E-state index contributed by atoms with van der Waals surface area (Å²) >= 11 is 0. The van der Waals surface area contributed by atoms with Gasteiger partial charge in [0.15, 0.2) is 5.76 Å². The lowest BCUT2D eigenvalue weighted by Crippen LogP contribution is -2.18. The predicted molar refractivity (Wildman–Crippen MR) is 40.5 cm³/mol. The molecule has 1 unspecified atom stereocenters. The highest BCUT2D eigenvalue weighted by Gasteiger charge is 2.26. The third-order valence-electron chi connectivity index (χ3n) is 2.26. The second-order valence-electron chi connectivity index (χ2n) is 3.08. The Morgan fingerprint density at radius 3 is 3.27 bits per heavy atom. The van der Waals surface area contributed by atoms with Gasteiger partial charge >= 0.3 is 0 Å². The van der Waals surface area contributed by atoms with Gasteiger partial charge in [-0.2, -0.15) is 0 Å². The molecule has 0 aliphatic heterocycles. The van der Waals surface area contributed by atoms with Gasteiger partial charge < -0.3 is 4.42 Å². The quantitative estimate of drug-likeness (QED) is 0.566. The van der Waals surface area contributed by atoms with E-state index >= 15 is 0 Å². The lowest BCUT2D eigenvalue weighted by Gasteiger charge is -2.14. The van der Waals surface area contributed by atoms with E-state index in [1.807, 2.05) is 13.0 Å². The molecule has 0 bridgehead atoms. The predicted octanol–water partition coefficient (Wildman–Crippen LogP) is 2.04. The zero-order valence-electron chi connectivity index (χ0n) is 6.46. The van der Waals surface area contributed by atoms with Crippen LogP contribution < -0.4 is 0 Å². The molecule has 58 valence electrons. The van der Waals surface area contributed by atoms with Crippen LogP contribution in [-0.4, -0.2) is 5.78 Å². The van der Waals surface area contributed by atoms with Crippen LogP contribution >= 0.6 is 0 Å². The number of carbonyl (C=O) groups excluding carboxylic acids is 1. The zero-order valence-corrected chi connectivity index (χ0v) is 6.46. The molecule has 1 aliphatic rings. The van der Waals surface area contributed by atoms with Crippen molar-refractivity contribution in [2.24, 2.45) is 5.92 Å². The molecule has 2 heteroatoms. The molecule has 0 N–H and O–H groups in total. The van der Waals surface area contributed by atoms with Gasteiger partial charge in [-0.3, -0.25) is 4.79 Å². The number of fused-ring (bicyclic) bond motifs is 1. The minimum Gasteiger partial charge on any atom is -0.461 e. The Balaban J connectivity index is 2.46. The highest BCUT2D eigenvalue weighted by molar-refractivity contribution is 5.97. The molecule has 0 amide bonds. The fourth-order valence-electron chi connectivity index (χ4n) is 1.48. The molecule has 1 heterocycles. The number of carbonyl (C=O) groups is 1. The van der Waals surface area contributed by atoms with Gasteiger partial charge in [-0.25, -0.2) is 0 Å². The summed E-state index contributed by atoms with van der Waals surface area (Å²) in [5, 5.41) is 0. The van der Waals surface area contributed by atoms with Gasteiger partial charge in [0.25, 0.3) is 0 Å². The average Bonchev–Trinajstić information content (AvgIpc) is 2.45. The molecule has 0 fully saturated rings. The van der Waals surface area contributed by atoms with Crippen molar-refractivity contribution in [3.05, 3.63) is 23.7 Å². The maximum absolute atomic E-state index is 11.4. The number of rotatable bonds is 0. The summed E-state index contributed by atoms with van der Waals surface area (Å²) in [5.74, 6) is 0.897. The molecule has 1 aromatic heterocycles. The van der Waals surface area contributed by atoms with Gasteiger partial charge in [0.2, 0.25) is 5.78 Å². The fraction of sp³-hybridized carbons (Fsp3) is 0.444. The minimum atomic E-state index is 0.147. The Labute approximate surface area is 65.2 Å².